The Kier molecular flexibility index (Phi) is 5.59. The smallest absolute Gasteiger partial charge is 0.251 e. The van der Waals surface area contributed by atoms with Gasteiger partial charge in [0.25, 0.3) is 5.91 Å². The number of hydrogen-bond donors (Lipinski definition) is 1. The van der Waals surface area contributed by atoms with E-state index in [1.54, 1.807) is 53.6 Å². The molecular weight excluding hydrogens is 290 g/mol. The van der Waals surface area contributed by atoms with Gasteiger partial charge in [-0.3, -0.25) is 4.79 Å². The summed E-state index contributed by atoms with van der Waals surface area (Å²) in [5.41, 5.74) is 1.02. The monoisotopic (exact) mass is 303 g/mol. The van der Waals surface area contributed by atoms with Crippen molar-refractivity contribution >= 4 is 29.0 Å². The van der Waals surface area contributed by atoms with E-state index in [0.717, 1.165) is 16.5 Å². The molecule has 0 aliphatic rings. The number of carbonyl (C=O) groups is 1. The van der Waals surface area contributed by atoms with Gasteiger partial charge in [0.15, 0.2) is 0 Å². The fourth-order valence-electron chi connectivity index (χ4n) is 1.55. The maximum Gasteiger partial charge on any atom is 0.251 e. The minimum Gasteiger partial charge on any atom is -0.352 e. The van der Waals surface area contributed by atoms with Crippen LogP contribution in [0.25, 0.3) is 0 Å². The Bertz CT molecular complexity index is 605. The fourth-order valence-corrected chi connectivity index (χ4v) is 3.19. The Hall–Kier alpha value is -1.84. The lowest BCUT2D eigenvalue weighted by Gasteiger charge is -2.04. The van der Waals surface area contributed by atoms with E-state index < -0.39 is 0 Å². The van der Waals surface area contributed by atoms with Crippen LogP contribution in [0.2, 0.25) is 0 Å². The zero-order chi connectivity index (χ0) is 14.2. The average Bonchev–Trinajstić information content (AvgIpc) is 3.00. The van der Waals surface area contributed by atoms with Crippen molar-refractivity contribution in [3.05, 3.63) is 47.0 Å². The Morgan fingerprint density at radius 1 is 1.50 bits per heavy atom. The molecule has 6 heteroatoms. The number of nitrogens with zero attached hydrogens (tertiary/aromatic N) is 2. The van der Waals surface area contributed by atoms with Gasteiger partial charge in [0.1, 0.15) is 4.34 Å². The summed E-state index contributed by atoms with van der Waals surface area (Å²) < 4.78 is 1.05. The molecule has 0 bridgehead atoms. The lowest BCUT2D eigenvalue weighted by molar-refractivity contribution is 0.0954. The van der Waals surface area contributed by atoms with Gasteiger partial charge in [0, 0.05) is 29.4 Å². The first kappa shape index (κ1) is 14.6. The lowest BCUT2D eigenvalue weighted by Crippen LogP contribution is -2.24. The Morgan fingerprint density at radius 3 is 3.15 bits per heavy atom. The summed E-state index contributed by atoms with van der Waals surface area (Å²) in [6.07, 6.45) is 2.67. The molecule has 2 aromatic rings. The molecule has 102 valence electrons. The molecule has 20 heavy (non-hydrogen) atoms. The first-order valence-electron chi connectivity index (χ1n) is 6.10. The molecule has 0 fully saturated rings. The minimum absolute atomic E-state index is 0.138. The summed E-state index contributed by atoms with van der Waals surface area (Å²) in [6, 6.07) is 8.73. The highest BCUT2D eigenvalue weighted by molar-refractivity contribution is 8.00. The standard InChI is InChI=1S/C14H13N3OS2/c15-10-11-3-1-4-12(9-11)13(18)16-5-2-7-19-14-17-6-8-20-14/h1,3-4,6,8-9H,2,5,7H2,(H,16,18). The maximum atomic E-state index is 11.9. The molecule has 0 atom stereocenters. The number of carbonyl (C=O) groups excluding carboxylic acids is 1. The summed E-state index contributed by atoms with van der Waals surface area (Å²) in [5.74, 6) is 0.785. The topological polar surface area (TPSA) is 65.8 Å². The van der Waals surface area contributed by atoms with Crippen molar-refractivity contribution in [3.8, 4) is 6.07 Å². The molecule has 0 saturated carbocycles. The summed E-state index contributed by atoms with van der Waals surface area (Å²) in [5, 5.41) is 13.6. The second-order valence-electron chi connectivity index (χ2n) is 3.95. The van der Waals surface area contributed by atoms with E-state index in [2.05, 4.69) is 10.3 Å². The average molecular weight is 303 g/mol. The van der Waals surface area contributed by atoms with Crippen LogP contribution < -0.4 is 5.32 Å². The first-order chi connectivity index (χ1) is 9.79. The van der Waals surface area contributed by atoms with Crippen molar-refractivity contribution in [2.24, 2.45) is 0 Å². The van der Waals surface area contributed by atoms with Crippen LogP contribution in [0.15, 0.2) is 40.2 Å². The van der Waals surface area contributed by atoms with Crippen LogP contribution in [0.1, 0.15) is 22.3 Å². The molecule has 1 aromatic heterocycles. The molecule has 0 aliphatic carbocycles. The normalized spacial score (nSPS) is 9.95. The zero-order valence-electron chi connectivity index (χ0n) is 10.7. The van der Waals surface area contributed by atoms with Gasteiger partial charge in [-0.2, -0.15) is 5.26 Å². The van der Waals surface area contributed by atoms with Crippen molar-refractivity contribution < 1.29 is 4.79 Å². The number of nitrogens with one attached hydrogen (secondary N) is 1. The van der Waals surface area contributed by atoms with Gasteiger partial charge in [0.05, 0.1) is 11.6 Å². The van der Waals surface area contributed by atoms with Gasteiger partial charge >= 0.3 is 0 Å². The summed E-state index contributed by atoms with van der Waals surface area (Å²) >= 11 is 3.32. The molecule has 0 saturated heterocycles. The predicted octanol–water partition coefficient (Wildman–Crippen LogP) is 2.93. The number of rotatable bonds is 6. The third-order valence-electron chi connectivity index (χ3n) is 2.50. The van der Waals surface area contributed by atoms with Crippen LogP contribution >= 0.6 is 23.1 Å². The van der Waals surface area contributed by atoms with Crippen molar-refractivity contribution in [2.75, 3.05) is 12.3 Å². The Labute approximate surface area is 125 Å². The second kappa shape index (κ2) is 7.68. The van der Waals surface area contributed by atoms with E-state index in [0.29, 0.717) is 17.7 Å². The fraction of sp³-hybridized carbons (Fsp3) is 0.214. The predicted molar refractivity (Wildman–Crippen MR) is 80.9 cm³/mol. The summed E-state index contributed by atoms with van der Waals surface area (Å²) in [6.45, 7) is 0.619. The van der Waals surface area contributed by atoms with Crippen molar-refractivity contribution in [1.29, 1.82) is 5.26 Å². The zero-order valence-corrected chi connectivity index (χ0v) is 12.3. The first-order valence-corrected chi connectivity index (χ1v) is 7.97. The van der Waals surface area contributed by atoms with Crippen molar-refractivity contribution in [1.82, 2.24) is 10.3 Å². The number of thiazole rings is 1. The largest absolute Gasteiger partial charge is 0.352 e. The molecule has 0 radical (unpaired) electrons. The third kappa shape index (κ3) is 4.37. The molecular formula is C14H13N3OS2. The molecule has 1 heterocycles. The number of benzene rings is 1. The van der Waals surface area contributed by atoms with Crippen LogP contribution in [-0.2, 0) is 0 Å². The second-order valence-corrected chi connectivity index (χ2v) is 6.19. The summed E-state index contributed by atoms with van der Waals surface area (Å²) in [7, 11) is 0. The Morgan fingerprint density at radius 2 is 2.40 bits per heavy atom. The number of hydrogen-bond acceptors (Lipinski definition) is 5. The van der Waals surface area contributed by atoms with E-state index in [9.17, 15) is 4.79 Å². The Balaban J connectivity index is 1.71. The maximum absolute atomic E-state index is 11.9. The molecule has 4 nitrogen and oxygen atoms in total. The quantitative estimate of drug-likeness (QED) is 0.658. The van der Waals surface area contributed by atoms with Crippen LogP contribution in [0.5, 0.6) is 0 Å². The van der Waals surface area contributed by atoms with Crippen molar-refractivity contribution in [2.45, 2.75) is 10.8 Å². The molecule has 1 amide bonds. The van der Waals surface area contributed by atoms with Crippen molar-refractivity contribution in [3.63, 3.8) is 0 Å². The summed E-state index contributed by atoms with van der Waals surface area (Å²) in [4.78, 5) is 16.0. The van der Waals surface area contributed by atoms with E-state index in [4.69, 9.17) is 5.26 Å². The number of amides is 1. The van der Waals surface area contributed by atoms with Crippen LogP contribution in [0.4, 0.5) is 0 Å². The highest BCUT2D eigenvalue weighted by atomic mass is 32.2. The van der Waals surface area contributed by atoms with Gasteiger partial charge in [-0.25, -0.2) is 4.98 Å². The van der Waals surface area contributed by atoms with Gasteiger partial charge < -0.3 is 5.32 Å². The lowest BCUT2D eigenvalue weighted by atomic mass is 10.1. The minimum atomic E-state index is -0.138. The molecule has 0 spiro atoms. The van der Waals surface area contributed by atoms with Gasteiger partial charge in [-0.15, -0.1) is 11.3 Å². The number of nitriles is 1. The molecule has 2 rings (SSSR count). The van der Waals surface area contributed by atoms with Crippen LogP contribution in [0.3, 0.4) is 0 Å². The number of thioether (sulfide) groups is 1. The van der Waals surface area contributed by atoms with E-state index in [-0.39, 0.29) is 5.91 Å². The van der Waals surface area contributed by atoms with Gasteiger partial charge in [-0.1, -0.05) is 17.8 Å². The molecule has 1 N–H and O–H groups in total. The third-order valence-corrected chi connectivity index (χ3v) is 4.55. The highest BCUT2D eigenvalue weighted by Crippen LogP contribution is 2.20. The van der Waals surface area contributed by atoms with Gasteiger partial charge in [-0.05, 0) is 24.6 Å². The number of aromatic nitrogens is 1. The molecule has 1 aromatic carbocycles. The SMILES string of the molecule is N#Cc1cccc(C(=O)NCCCSc2nccs2)c1. The van der Waals surface area contributed by atoms with Gasteiger partial charge in [0.2, 0.25) is 0 Å². The van der Waals surface area contributed by atoms with E-state index >= 15 is 0 Å². The van der Waals surface area contributed by atoms with Crippen LogP contribution in [-0.4, -0.2) is 23.2 Å². The van der Waals surface area contributed by atoms with E-state index in [1.165, 1.54) is 0 Å². The molecule has 0 unspecified atom stereocenters. The van der Waals surface area contributed by atoms with Crippen LogP contribution in [0, 0.1) is 11.3 Å². The molecule has 0 aliphatic heterocycles. The highest BCUT2D eigenvalue weighted by Gasteiger charge is 2.05. The van der Waals surface area contributed by atoms with E-state index in [1.807, 2.05) is 11.4 Å².